The highest BCUT2D eigenvalue weighted by Gasteiger charge is 2.12. The van der Waals surface area contributed by atoms with Gasteiger partial charge in [0.25, 0.3) is 0 Å². The van der Waals surface area contributed by atoms with Crippen LogP contribution in [-0.2, 0) is 6.42 Å². The van der Waals surface area contributed by atoms with Gasteiger partial charge in [-0.05, 0) is 41.3 Å². The second-order valence-electron chi connectivity index (χ2n) is 5.48. The van der Waals surface area contributed by atoms with Crippen molar-refractivity contribution >= 4 is 26.7 Å². The van der Waals surface area contributed by atoms with Gasteiger partial charge in [0, 0.05) is 10.5 Å². The minimum atomic E-state index is 0.00528. The van der Waals surface area contributed by atoms with E-state index in [0.29, 0.717) is 0 Å². The molecule has 2 N–H and O–H groups in total. The average molecular weight is 340 g/mol. The highest BCUT2D eigenvalue weighted by Crippen LogP contribution is 2.30. The quantitative estimate of drug-likeness (QED) is 0.701. The zero-order valence-electron chi connectivity index (χ0n) is 12.0. The molecule has 0 fully saturated rings. The smallest absolute Gasteiger partial charge is 0.0341 e. The molecule has 106 valence electrons. The van der Waals surface area contributed by atoms with Crippen molar-refractivity contribution in [3.05, 3.63) is 81.8 Å². The van der Waals surface area contributed by atoms with Crippen LogP contribution in [0.3, 0.4) is 0 Å². The number of rotatable bonds is 3. The highest BCUT2D eigenvalue weighted by atomic mass is 79.9. The fraction of sp³-hybridized carbons (Fsp3) is 0.158. The fourth-order valence-corrected chi connectivity index (χ4v) is 3.17. The molecule has 0 aliphatic heterocycles. The van der Waals surface area contributed by atoms with E-state index < -0.39 is 0 Å². The van der Waals surface area contributed by atoms with Crippen LogP contribution < -0.4 is 5.73 Å². The van der Waals surface area contributed by atoms with Crippen molar-refractivity contribution in [1.29, 1.82) is 0 Å². The molecule has 3 aromatic rings. The molecule has 0 saturated heterocycles. The van der Waals surface area contributed by atoms with Crippen molar-refractivity contribution in [1.82, 2.24) is 0 Å². The van der Waals surface area contributed by atoms with E-state index >= 15 is 0 Å². The van der Waals surface area contributed by atoms with Gasteiger partial charge in [0.2, 0.25) is 0 Å². The molecule has 0 radical (unpaired) electrons. The van der Waals surface area contributed by atoms with Crippen LogP contribution in [0.2, 0.25) is 0 Å². The van der Waals surface area contributed by atoms with E-state index in [1.54, 1.807) is 0 Å². The van der Waals surface area contributed by atoms with Crippen molar-refractivity contribution in [2.24, 2.45) is 5.73 Å². The Morgan fingerprint density at radius 2 is 1.57 bits per heavy atom. The molecular formula is C19H18BrN. The summed E-state index contributed by atoms with van der Waals surface area (Å²) in [6.07, 6.45) is 0.853. The van der Waals surface area contributed by atoms with Crippen LogP contribution in [0.25, 0.3) is 10.8 Å². The molecule has 21 heavy (non-hydrogen) atoms. The van der Waals surface area contributed by atoms with E-state index in [9.17, 15) is 0 Å². The zero-order valence-corrected chi connectivity index (χ0v) is 13.6. The van der Waals surface area contributed by atoms with E-state index in [1.807, 2.05) is 0 Å². The summed E-state index contributed by atoms with van der Waals surface area (Å²) >= 11 is 3.61. The predicted molar refractivity (Wildman–Crippen MR) is 93.5 cm³/mol. The lowest BCUT2D eigenvalue weighted by molar-refractivity contribution is 0.728. The summed E-state index contributed by atoms with van der Waals surface area (Å²) in [5, 5.41) is 2.45. The van der Waals surface area contributed by atoms with Gasteiger partial charge in [-0.3, -0.25) is 0 Å². The summed E-state index contributed by atoms with van der Waals surface area (Å²) in [5.41, 5.74) is 10.2. The molecule has 3 rings (SSSR count). The SMILES string of the molecule is Cc1ccc(CC(N)c2ccc(Br)c3ccccc23)cc1. The summed E-state index contributed by atoms with van der Waals surface area (Å²) < 4.78 is 1.12. The van der Waals surface area contributed by atoms with Crippen LogP contribution in [-0.4, -0.2) is 0 Å². The van der Waals surface area contributed by atoms with Gasteiger partial charge in [0.1, 0.15) is 0 Å². The van der Waals surface area contributed by atoms with Gasteiger partial charge in [-0.25, -0.2) is 0 Å². The Balaban J connectivity index is 1.96. The van der Waals surface area contributed by atoms with Crippen molar-refractivity contribution < 1.29 is 0 Å². The van der Waals surface area contributed by atoms with Gasteiger partial charge in [0.05, 0.1) is 0 Å². The van der Waals surface area contributed by atoms with Crippen molar-refractivity contribution in [3.8, 4) is 0 Å². The molecular weight excluding hydrogens is 322 g/mol. The number of halogens is 1. The number of hydrogen-bond donors (Lipinski definition) is 1. The fourth-order valence-electron chi connectivity index (χ4n) is 2.70. The van der Waals surface area contributed by atoms with Crippen molar-refractivity contribution in [2.75, 3.05) is 0 Å². The lowest BCUT2D eigenvalue weighted by Gasteiger charge is -2.16. The average Bonchev–Trinajstić information content (AvgIpc) is 2.50. The molecule has 0 saturated carbocycles. The van der Waals surface area contributed by atoms with Crippen LogP contribution in [0.15, 0.2) is 65.1 Å². The van der Waals surface area contributed by atoms with E-state index in [-0.39, 0.29) is 6.04 Å². The van der Waals surface area contributed by atoms with Crippen molar-refractivity contribution in [2.45, 2.75) is 19.4 Å². The summed E-state index contributed by atoms with van der Waals surface area (Å²) in [7, 11) is 0. The summed E-state index contributed by atoms with van der Waals surface area (Å²) in [5.74, 6) is 0. The van der Waals surface area contributed by atoms with E-state index in [4.69, 9.17) is 5.73 Å². The summed E-state index contributed by atoms with van der Waals surface area (Å²) in [4.78, 5) is 0. The van der Waals surface area contributed by atoms with Gasteiger partial charge in [-0.2, -0.15) is 0 Å². The number of benzene rings is 3. The summed E-state index contributed by atoms with van der Waals surface area (Å²) in [6.45, 7) is 2.10. The second kappa shape index (κ2) is 6.00. The number of aryl methyl sites for hydroxylation is 1. The standard InChI is InChI=1S/C19H18BrN/c1-13-6-8-14(9-7-13)12-19(21)17-10-11-18(20)16-5-3-2-4-15(16)17/h2-11,19H,12,21H2,1H3. The Morgan fingerprint density at radius 3 is 2.29 bits per heavy atom. The Kier molecular flexibility index (Phi) is 4.09. The molecule has 1 nitrogen and oxygen atoms in total. The van der Waals surface area contributed by atoms with E-state index in [0.717, 1.165) is 10.9 Å². The number of nitrogens with two attached hydrogens (primary N) is 1. The van der Waals surface area contributed by atoms with Gasteiger partial charge < -0.3 is 5.73 Å². The van der Waals surface area contributed by atoms with Gasteiger partial charge >= 0.3 is 0 Å². The first-order valence-electron chi connectivity index (χ1n) is 7.13. The molecule has 0 bridgehead atoms. The first-order valence-corrected chi connectivity index (χ1v) is 7.93. The van der Waals surface area contributed by atoms with Gasteiger partial charge in [0.15, 0.2) is 0 Å². The number of fused-ring (bicyclic) bond motifs is 1. The monoisotopic (exact) mass is 339 g/mol. The Hall–Kier alpha value is -1.64. The molecule has 0 aliphatic carbocycles. The van der Waals surface area contributed by atoms with Crippen LogP contribution in [0.4, 0.5) is 0 Å². The molecule has 2 heteroatoms. The lowest BCUT2D eigenvalue weighted by Crippen LogP contribution is -2.13. The second-order valence-corrected chi connectivity index (χ2v) is 6.33. The van der Waals surface area contributed by atoms with Crippen molar-refractivity contribution in [3.63, 3.8) is 0 Å². The van der Waals surface area contributed by atoms with Crippen LogP contribution in [0.1, 0.15) is 22.7 Å². The third-order valence-electron chi connectivity index (χ3n) is 3.88. The van der Waals surface area contributed by atoms with Gasteiger partial charge in [-0.15, -0.1) is 0 Å². The molecule has 0 aliphatic rings. The Bertz CT molecular complexity index is 762. The molecule has 3 aromatic carbocycles. The van der Waals surface area contributed by atoms with Crippen LogP contribution >= 0.6 is 15.9 Å². The minimum Gasteiger partial charge on any atom is -0.324 e. The first kappa shape index (κ1) is 14.3. The third-order valence-corrected chi connectivity index (χ3v) is 4.57. The largest absolute Gasteiger partial charge is 0.324 e. The molecule has 0 amide bonds. The maximum Gasteiger partial charge on any atom is 0.0341 e. The molecule has 1 atom stereocenters. The topological polar surface area (TPSA) is 26.0 Å². The highest BCUT2D eigenvalue weighted by molar-refractivity contribution is 9.10. The zero-order chi connectivity index (χ0) is 14.8. The molecule has 1 unspecified atom stereocenters. The van der Waals surface area contributed by atoms with Gasteiger partial charge in [-0.1, -0.05) is 76.1 Å². The van der Waals surface area contributed by atoms with E-state index in [1.165, 1.54) is 27.5 Å². The lowest BCUT2D eigenvalue weighted by atomic mass is 9.94. The molecule has 0 spiro atoms. The van der Waals surface area contributed by atoms with Crippen LogP contribution in [0.5, 0.6) is 0 Å². The third kappa shape index (κ3) is 3.02. The normalized spacial score (nSPS) is 12.5. The molecule has 0 heterocycles. The maximum atomic E-state index is 6.47. The maximum absolute atomic E-state index is 6.47. The number of hydrogen-bond acceptors (Lipinski definition) is 1. The molecule has 0 aromatic heterocycles. The van der Waals surface area contributed by atoms with Crippen LogP contribution in [0, 0.1) is 6.92 Å². The summed E-state index contributed by atoms with van der Waals surface area (Å²) in [6, 6.07) is 21.2. The van der Waals surface area contributed by atoms with E-state index in [2.05, 4.69) is 83.5 Å². The Labute approximate surface area is 133 Å². The predicted octanol–water partition coefficient (Wildman–Crippen LogP) is 5.15. The Morgan fingerprint density at radius 1 is 0.905 bits per heavy atom. The first-order chi connectivity index (χ1) is 10.1. The minimum absolute atomic E-state index is 0.00528.